The van der Waals surface area contributed by atoms with Crippen LogP contribution in [0.4, 0.5) is 5.69 Å². The van der Waals surface area contributed by atoms with Crippen molar-refractivity contribution in [1.82, 2.24) is 9.78 Å². The van der Waals surface area contributed by atoms with Gasteiger partial charge in [-0.25, -0.2) is 4.68 Å². The Balaban J connectivity index is 1.88. The minimum Gasteiger partial charge on any atom is -0.384 e. The van der Waals surface area contributed by atoms with E-state index in [1.807, 2.05) is 18.2 Å². The number of nitrogens with one attached hydrogen (secondary N) is 1. The second kappa shape index (κ2) is 7.48. The highest BCUT2D eigenvalue weighted by molar-refractivity contribution is 5.38. The van der Waals surface area contributed by atoms with Gasteiger partial charge in [-0.2, -0.15) is 5.10 Å². The molecule has 1 N–H and O–H groups in total. The Morgan fingerprint density at radius 2 is 2.05 bits per heavy atom. The molecule has 0 radical (unpaired) electrons. The fourth-order valence-electron chi connectivity index (χ4n) is 2.05. The monoisotopic (exact) mass is 271 g/mol. The summed E-state index contributed by atoms with van der Waals surface area (Å²) in [6.07, 6.45) is 4.63. The molecule has 0 fully saturated rings. The molecule has 106 valence electrons. The lowest BCUT2D eigenvalue weighted by Crippen LogP contribution is -2.23. The summed E-state index contributed by atoms with van der Waals surface area (Å²) in [5, 5.41) is 7.37. The molecule has 2 rings (SSSR count). The first-order valence-electron chi connectivity index (χ1n) is 7.14. The van der Waals surface area contributed by atoms with Crippen LogP contribution in [0.1, 0.15) is 25.3 Å². The number of benzene rings is 1. The SMILES string of the molecule is CCCNc1cnn(CCCc2ccccc2)c(=O)c1. The van der Waals surface area contributed by atoms with Gasteiger partial charge in [-0.05, 0) is 24.8 Å². The average molecular weight is 271 g/mol. The van der Waals surface area contributed by atoms with Crippen LogP contribution in [0.15, 0.2) is 47.4 Å². The quantitative estimate of drug-likeness (QED) is 0.842. The molecule has 1 heterocycles. The van der Waals surface area contributed by atoms with Crippen molar-refractivity contribution < 1.29 is 0 Å². The van der Waals surface area contributed by atoms with Crippen molar-refractivity contribution in [3.05, 3.63) is 58.5 Å². The van der Waals surface area contributed by atoms with E-state index in [-0.39, 0.29) is 5.56 Å². The maximum Gasteiger partial charge on any atom is 0.268 e. The highest BCUT2D eigenvalue weighted by Gasteiger charge is 2.00. The van der Waals surface area contributed by atoms with E-state index < -0.39 is 0 Å². The normalized spacial score (nSPS) is 10.4. The molecule has 2 aromatic rings. The van der Waals surface area contributed by atoms with Crippen LogP contribution in [0.25, 0.3) is 0 Å². The van der Waals surface area contributed by atoms with Gasteiger partial charge in [0.2, 0.25) is 0 Å². The van der Waals surface area contributed by atoms with Crippen LogP contribution >= 0.6 is 0 Å². The Hall–Kier alpha value is -2.10. The number of rotatable bonds is 7. The molecule has 0 aliphatic carbocycles. The molecular weight excluding hydrogens is 250 g/mol. The van der Waals surface area contributed by atoms with Crippen molar-refractivity contribution in [2.24, 2.45) is 0 Å². The second-order valence-electron chi connectivity index (χ2n) is 4.82. The first-order chi connectivity index (χ1) is 9.79. The zero-order valence-corrected chi connectivity index (χ0v) is 11.9. The fourth-order valence-corrected chi connectivity index (χ4v) is 2.05. The number of nitrogens with zero attached hydrogens (tertiary/aromatic N) is 2. The number of anilines is 1. The summed E-state index contributed by atoms with van der Waals surface area (Å²) < 4.78 is 1.53. The Labute approximate surface area is 119 Å². The average Bonchev–Trinajstić information content (AvgIpc) is 2.48. The van der Waals surface area contributed by atoms with Crippen LogP contribution in [0.5, 0.6) is 0 Å². The molecule has 0 aliphatic heterocycles. The van der Waals surface area contributed by atoms with E-state index in [0.29, 0.717) is 6.54 Å². The summed E-state index contributed by atoms with van der Waals surface area (Å²) in [6, 6.07) is 11.9. The van der Waals surface area contributed by atoms with Gasteiger partial charge in [-0.3, -0.25) is 4.79 Å². The standard InChI is InChI=1S/C16H21N3O/c1-2-10-17-15-12-16(20)19(18-13-15)11-6-9-14-7-4-3-5-8-14/h3-5,7-8,12-13,17H,2,6,9-11H2,1H3. The van der Waals surface area contributed by atoms with E-state index in [1.54, 1.807) is 12.3 Å². The summed E-state index contributed by atoms with van der Waals surface area (Å²) in [5.74, 6) is 0. The maximum atomic E-state index is 11.9. The molecule has 0 unspecified atom stereocenters. The predicted molar refractivity (Wildman–Crippen MR) is 82.0 cm³/mol. The Bertz CT molecular complexity index is 578. The summed E-state index contributed by atoms with van der Waals surface area (Å²) in [5.41, 5.74) is 2.05. The van der Waals surface area contributed by atoms with E-state index >= 15 is 0 Å². The third kappa shape index (κ3) is 4.23. The van der Waals surface area contributed by atoms with E-state index in [1.165, 1.54) is 10.2 Å². The molecule has 0 spiro atoms. The topological polar surface area (TPSA) is 46.9 Å². The third-order valence-electron chi connectivity index (χ3n) is 3.13. The summed E-state index contributed by atoms with van der Waals surface area (Å²) in [4.78, 5) is 11.9. The highest BCUT2D eigenvalue weighted by atomic mass is 16.1. The third-order valence-corrected chi connectivity index (χ3v) is 3.13. The summed E-state index contributed by atoms with van der Waals surface area (Å²) in [6.45, 7) is 3.60. The molecule has 0 atom stereocenters. The first-order valence-corrected chi connectivity index (χ1v) is 7.14. The zero-order chi connectivity index (χ0) is 14.2. The van der Waals surface area contributed by atoms with E-state index in [2.05, 4.69) is 29.5 Å². The maximum absolute atomic E-state index is 11.9. The summed E-state index contributed by atoms with van der Waals surface area (Å²) in [7, 11) is 0. The zero-order valence-electron chi connectivity index (χ0n) is 11.9. The second-order valence-corrected chi connectivity index (χ2v) is 4.82. The molecule has 0 aliphatic rings. The number of aryl methyl sites for hydroxylation is 2. The minimum atomic E-state index is -0.0424. The van der Waals surface area contributed by atoms with Crippen molar-refractivity contribution in [3.63, 3.8) is 0 Å². The molecule has 1 aromatic heterocycles. The van der Waals surface area contributed by atoms with E-state index in [9.17, 15) is 4.79 Å². The van der Waals surface area contributed by atoms with Crippen LogP contribution in [-0.4, -0.2) is 16.3 Å². The van der Waals surface area contributed by atoms with Crippen LogP contribution in [0.2, 0.25) is 0 Å². The molecule has 4 nitrogen and oxygen atoms in total. The van der Waals surface area contributed by atoms with Crippen LogP contribution < -0.4 is 10.9 Å². The highest BCUT2D eigenvalue weighted by Crippen LogP contribution is 2.04. The molecule has 4 heteroatoms. The molecule has 0 bridgehead atoms. The van der Waals surface area contributed by atoms with Crippen LogP contribution in [0, 0.1) is 0 Å². The molecule has 1 aromatic carbocycles. The number of hydrogen-bond acceptors (Lipinski definition) is 3. The first kappa shape index (κ1) is 14.3. The Morgan fingerprint density at radius 3 is 2.75 bits per heavy atom. The fraction of sp³-hybridized carbons (Fsp3) is 0.375. The van der Waals surface area contributed by atoms with Gasteiger partial charge in [0.1, 0.15) is 0 Å². The largest absolute Gasteiger partial charge is 0.384 e. The van der Waals surface area contributed by atoms with E-state index in [4.69, 9.17) is 0 Å². The molecule has 0 amide bonds. The summed E-state index contributed by atoms with van der Waals surface area (Å²) >= 11 is 0. The van der Waals surface area contributed by atoms with Crippen LogP contribution in [-0.2, 0) is 13.0 Å². The lowest BCUT2D eigenvalue weighted by molar-refractivity contribution is 0.549. The smallest absolute Gasteiger partial charge is 0.268 e. The van der Waals surface area contributed by atoms with Gasteiger partial charge in [-0.15, -0.1) is 0 Å². The van der Waals surface area contributed by atoms with Crippen molar-refractivity contribution in [1.29, 1.82) is 0 Å². The van der Waals surface area contributed by atoms with Gasteiger partial charge in [0.25, 0.3) is 5.56 Å². The lowest BCUT2D eigenvalue weighted by Gasteiger charge is -2.07. The van der Waals surface area contributed by atoms with Gasteiger partial charge in [0.15, 0.2) is 0 Å². The Kier molecular flexibility index (Phi) is 5.35. The lowest BCUT2D eigenvalue weighted by atomic mass is 10.1. The van der Waals surface area contributed by atoms with Crippen LogP contribution in [0.3, 0.4) is 0 Å². The molecule has 0 saturated carbocycles. The predicted octanol–water partition coefficient (Wildman–Crippen LogP) is 2.70. The molecule has 20 heavy (non-hydrogen) atoms. The molecule has 0 saturated heterocycles. The van der Waals surface area contributed by atoms with Crippen molar-refractivity contribution >= 4 is 5.69 Å². The van der Waals surface area contributed by atoms with Gasteiger partial charge in [0, 0.05) is 19.2 Å². The van der Waals surface area contributed by atoms with Gasteiger partial charge < -0.3 is 5.32 Å². The Morgan fingerprint density at radius 1 is 1.25 bits per heavy atom. The van der Waals surface area contributed by atoms with Gasteiger partial charge in [0.05, 0.1) is 11.9 Å². The number of hydrogen-bond donors (Lipinski definition) is 1. The van der Waals surface area contributed by atoms with Gasteiger partial charge >= 0.3 is 0 Å². The van der Waals surface area contributed by atoms with Gasteiger partial charge in [-0.1, -0.05) is 37.3 Å². The molecular formula is C16H21N3O. The number of aromatic nitrogens is 2. The van der Waals surface area contributed by atoms with E-state index in [0.717, 1.165) is 31.5 Å². The van der Waals surface area contributed by atoms with Crippen molar-refractivity contribution in [3.8, 4) is 0 Å². The van der Waals surface area contributed by atoms with Crippen molar-refractivity contribution in [2.75, 3.05) is 11.9 Å². The van der Waals surface area contributed by atoms with Crippen molar-refractivity contribution in [2.45, 2.75) is 32.7 Å². The minimum absolute atomic E-state index is 0.0424.